The molecule has 0 aromatic heterocycles. The summed E-state index contributed by atoms with van der Waals surface area (Å²) >= 11 is 5.48. The first kappa shape index (κ1) is 100. The van der Waals surface area contributed by atoms with Crippen molar-refractivity contribution >= 4 is 137 Å². The second kappa shape index (κ2) is 51.5. The van der Waals surface area contributed by atoms with E-state index in [0.717, 1.165) is 20.8 Å². The van der Waals surface area contributed by atoms with Crippen molar-refractivity contribution in [1.82, 2.24) is 69.1 Å². The minimum atomic E-state index is -2.16. The van der Waals surface area contributed by atoms with Crippen molar-refractivity contribution in [2.45, 2.75) is 230 Å². The van der Waals surface area contributed by atoms with Crippen LogP contribution in [0, 0.1) is 17.8 Å². The summed E-state index contributed by atoms with van der Waals surface area (Å²) in [6, 6.07) is -23.9. The molecule has 0 aliphatic heterocycles. The second-order valence-corrected chi connectivity index (χ2v) is 27.9. The normalized spacial score (nSPS) is 15.8. The van der Waals surface area contributed by atoms with E-state index in [1.807, 2.05) is 13.8 Å². The molecule has 0 spiro atoms. The van der Waals surface area contributed by atoms with E-state index in [1.54, 1.807) is 13.2 Å². The zero-order valence-corrected chi connectivity index (χ0v) is 64.7. The van der Waals surface area contributed by atoms with Crippen LogP contribution in [0.3, 0.4) is 0 Å². The number of aliphatic hydroxyl groups excluding tert-OH is 3. The van der Waals surface area contributed by atoms with E-state index in [9.17, 15) is 117 Å². The molecule has 0 aromatic carbocycles. The first-order valence-electron chi connectivity index (χ1n) is 35.0. The largest absolute Gasteiger partial charge is 0.481 e. The van der Waals surface area contributed by atoms with E-state index in [-0.39, 0.29) is 57.1 Å². The number of guanidine groups is 2. The van der Waals surface area contributed by atoms with Crippen molar-refractivity contribution in [1.29, 1.82) is 0 Å². The van der Waals surface area contributed by atoms with Crippen molar-refractivity contribution in [2.24, 2.45) is 56.4 Å². The highest BCUT2D eigenvalue weighted by Gasteiger charge is 2.40. The van der Waals surface area contributed by atoms with Crippen LogP contribution in [0.4, 0.5) is 0 Å². The molecular weight excluding hydrogens is 1500 g/mol. The lowest BCUT2D eigenvalue weighted by atomic mass is 9.98. The van der Waals surface area contributed by atoms with Gasteiger partial charge in [-0.3, -0.25) is 86.7 Å². The Balaban J connectivity index is 6.79. The predicted molar refractivity (Wildman–Crippen MR) is 399 cm³/mol. The quantitative estimate of drug-likeness (QED) is 0.0116. The molecule has 0 heterocycles. The molecule has 0 unspecified atom stereocenters. The molecule has 0 aromatic rings. The third kappa shape index (κ3) is 38.4. The number of aliphatic carboxylic acids is 4. The molecule has 17 atom stereocenters. The maximum atomic E-state index is 14.2. The number of nitrogens with zero attached hydrogens (tertiary/aromatic N) is 2. The Kier molecular flexibility index (Phi) is 46.8. The minimum absolute atomic E-state index is 0.0233. The van der Waals surface area contributed by atoms with Crippen LogP contribution < -0.4 is 97.8 Å². The molecule has 624 valence electrons. The van der Waals surface area contributed by atoms with Gasteiger partial charge in [0.15, 0.2) is 11.9 Å². The number of carboxylic acid groups (broad SMARTS) is 4. The Hall–Kier alpha value is -9.93. The SMILES string of the molecule is CC[C@H](C)[C@H](NC(=O)[C@H](CCC(=O)O)NC(=O)[C@H](CCCN=C(N)N)NC(=O)[C@H](CC(=O)O)NC(=O)[C@@H](NC(=O)[C@H](CCCN=C(N)N)NC(=O)[C@H](CO)NC(=O)[C@@H](NC(=O)[C@H](C)NC(=O)[C@H](CS)NC(=O)[C@@H](NC(=O)[C@H](CC(=O)O)NC(=O)[C@H](CCSC)NC(=O)[C@@H](N)CC(C)C)C(C)C)[C@@H](C)O)[C@@H](C)O)C(=O)O. The second-order valence-electron chi connectivity index (χ2n) is 26.5. The van der Waals surface area contributed by atoms with Crippen molar-refractivity contribution in [3.05, 3.63) is 0 Å². The number of nitrogens with one attached hydrogen (secondary N) is 13. The fourth-order valence-corrected chi connectivity index (χ4v) is 10.7. The monoisotopic (exact) mass is 1610 g/mol. The number of thiol groups is 1. The number of carboxylic acids is 4. The van der Waals surface area contributed by atoms with E-state index in [0.29, 0.717) is 5.75 Å². The van der Waals surface area contributed by atoms with Gasteiger partial charge in [0.05, 0.1) is 37.7 Å². The standard InChI is InChI=1S/C64H112N20O24S2/c1-11-29(6)46(62(107)108)82-54(99)36(16-17-42(88)89)76-51(96)34(14-12-19-70-63(66)67)74-55(100)38(23-43(90)91)78-60(105)48(32(9)87)84-53(98)35(15-13-20-71-64(68)69)75-57(102)40(25-85)79-61(106)47(31(8)86)83-49(94)30(7)72-58(103)41(26-109)80-59(104)45(28(4)5)81-56(101)39(24-44(92)93)77-52(97)37(18-21-110-10)73-50(95)33(65)22-27(2)3/h27-41,45-48,85-87,109H,11-26,65H2,1-10H3,(H,72,103)(H,73,95)(H,74,100)(H,75,102)(H,76,96)(H,77,97)(H,78,105)(H,79,106)(H,80,104)(H,81,101)(H,82,99)(H,83,94)(H,84,98)(H,88,89)(H,90,91)(H,92,93)(H,107,108)(H4,66,67,70)(H4,68,69,71)/t29-,30-,31+,32+,33-,34-,35-,36-,37-,38-,39-,40-,41-,45-,46-,47-,48-/m0/s1. The summed E-state index contributed by atoms with van der Waals surface area (Å²) in [4.78, 5) is 234. The zero-order chi connectivity index (χ0) is 84.6. The molecular formula is C64H112N20O24S2. The van der Waals surface area contributed by atoms with Gasteiger partial charge in [-0.1, -0.05) is 48.0 Å². The van der Waals surface area contributed by atoms with Gasteiger partial charge in [0.2, 0.25) is 76.8 Å². The zero-order valence-electron chi connectivity index (χ0n) is 63.0. The number of carbonyl (C=O) groups excluding carboxylic acids is 13. The van der Waals surface area contributed by atoms with Gasteiger partial charge in [-0.05, 0) is 95.5 Å². The average molecular weight is 1610 g/mol. The van der Waals surface area contributed by atoms with Gasteiger partial charge in [-0.2, -0.15) is 24.4 Å². The smallest absolute Gasteiger partial charge is 0.326 e. The predicted octanol–water partition coefficient (Wildman–Crippen LogP) is -9.17. The lowest BCUT2D eigenvalue weighted by Gasteiger charge is -2.29. The van der Waals surface area contributed by atoms with Gasteiger partial charge in [0, 0.05) is 25.3 Å². The fourth-order valence-electron chi connectivity index (χ4n) is 9.96. The van der Waals surface area contributed by atoms with Gasteiger partial charge < -0.3 is 134 Å². The topological polar surface area (TPSA) is 743 Å². The molecule has 13 amide bonds. The summed E-state index contributed by atoms with van der Waals surface area (Å²) in [5.41, 5.74) is 27.8. The Labute approximate surface area is 644 Å². The number of aliphatic imine (C=N–C) groups is 2. The van der Waals surface area contributed by atoms with Crippen LogP contribution in [-0.2, 0) is 81.5 Å². The minimum Gasteiger partial charge on any atom is -0.481 e. The number of thioether (sulfide) groups is 1. The maximum absolute atomic E-state index is 14.2. The molecule has 0 bridgehead atoms. The first-order valence-corrected chi connectivity index (χ1v) is 37.1. The number of rotatable bonds is 54. The molecule has 0 aliphatic carbocycles. The Morgan fingerprint density at radius 1 is 0.418 bits per heavy atom. The molecule has 46 heteroatoms. The summed E-state index contributed by atoms with van der Waals surface area (Å²) in [7, 11) is 0. The molecule has 0 aliphatic rings. The van der Waals surface area contributed by atoms with Crippen LogP contribution in [0.25, 0.3) is 0 Å². The van der Waals surface area contributed by atoms with Crippen molar-refractivity contribution in [2.75, 3.05) is 37.5 Å². The lowest BCUT2D eigenvalue weighted by molar-refractivity contribution is -0.144. The molecule has 0 fully saturated rings. The Morgan fingerprint density at radius 3 is 1.15 bits per heavy atom. The molecule has 0 rings (SSSR count). The molecule has 110 heavy (non-hydrogen) atoms. The Bertz CT molecular complexity index is 3220. The van der Waals surface area contributed by atoms with Crippen molar-refractivity contribution in [3.8, 4) is 0 Å². The van der Waals surface area contributed by atoms with Crippen LogP contribution in [-0.4, -0.2) is 283 Å². The van der Waals surface area contributed by atoms with Gasteiger partial charge in [0.25, 0.3) is 0 Å². The molecule has 0 radical (unpaired) electrons. The van der Waals surface area contributed by atoms with Crippen LogP contribution in [0.5, 0.6) is 0 Å². The van der Waals surface area contributed by atoms with Gasteiger partial charge in [-0.15, -0.1) is 0 Å². The number of hydrogen-bond donors (Lipinski definition) is 26. The van der Waals surface area contributed by atoms with Gasteiger partial charge in [-0.25, -0.2) is 4.79 Å². The third-order valence-corrected chi connectivity index (χ3v) is 17.3. The highest BCUT2D eigenvalue weighted by atomic mass is 32.2. The van der Waals surface area contributed by atoms with E-state index >= 15 is 0 Å². The average Bonchev–Trinajstić information content (AvgIpc) is 0.855. The maximum Gasteiger partial charge on any atom is 0.326 e. The summed E-state index contributed by atoms with van der Waals surface area (Å²) in [6.45, 7) is 11.2. The van der Waals surface area contributed by atoms with Crippen molar-refractivity contribution < 1.29 is 117 Å². The van der Waals surface area contributed by atoms with Gasteiger partial charge in [0.1, 0.15) is 78.5 Å². The van der Waals surface area contributed by atoms with Crippen LogP contribution in [0.15, 0.2) is 9.98 Å². The third-order valence-electron chi connectivity index (χ3n) is 16.3. The molecule has 30 N–H and O–H groups in total. The van der Waals surface area contributed by atoms with Crippen LogP contribution in [0.2, 0.25) is 0 Å². The number of aliphatic hydroxyl groups is 3. The van der Waals surface area contributed by atoms with Crippen LogP contribution in [0.1, 0.15) is 133 Å². The van der Waals surface area contributed by atoms with Gasteiger partial charge >= 0.3 is 23.9 Å². The molecule has 0 saturated heterocycles. The number of carbonyl (C=O) groups is 17. The highest BCUT2D eigenvalue weighted by molar-refractivity contribution is 7.98. The highest BCUT2D eigenvalue weighted by Crippen LogP contribution is 2.14. The number of nitrogens with two attached hydrogens (primary N) is 5. The lowest BCUT2D eigenvalue weighted by Crippen LogP contribution is -2.63. The van der Waals surface area contributed by atoms with E-state index in [2.05, 4.69) is 91.7 Å². The van der Waals surface area contributed by atoms with E-state index in [4.69, 9.17) is 28.7 Å². The Morgan fingerprint density at radius 2 is 0.764 bits per heavy atom. The van der Waals surface area contributed by atoms with E-state index in [1.165, 1.54) is 32.5 Å². The van der Waals surface area contributed by atoms with Crippen molar-refractivity contribution in [3.63, 3.8) is 0 Å². The number of amides is 13. The summed E-state index contributed by atoms with van der Waals surface area (Å²) < 4.78 is 0. The summed E-state index contributed by atoms with van der Waals surface area (Å²) in [6.07, 6.45) is -6.03. The molecule has 44 nitrogen and oxygen atoms in total. The first-order chi connectivity index (χ1) is 51.3. The van der Waals surface area contributed by atoms with Crippen LogP contribution >= 0.6 is 24.4 Å². The fraction of sp³-hybridized carbons (Fsp3) is 0.703. The summed E-state index contributed by atoms with van der Waals surface area (Å²) in [5, 5.41) is 100. The summed E-state index contributed by atoms with van der Waals surface area (Å²) in [5.74, 6) is -23.6. The number of hydrogen-bond acceptors (Lipinski definition) is 25. The van der Waals surface area contributed by atoms with E-state index < -0.39 is 266 Å². The molecule has 0 saturated carbocycles.